The van der Waals surface area contributed by atoms with E-state index in [1.165, 1.54) is 5.56 Å². The van der Waals surface area contributed by atoms with Crippen molar-refractivity contribution >= 4 is 5.91 Å². The lowest BCUT2D eigenvalue weighted by Gasteiger charge is -2.26. The van der Waals surface area contributed by atoms with Crippen molar-refractivity contribution in [2.45, 2.75) is 32.4 Å². The molecular formula is C18H25N5O. The van der Waals surface area contributed by atoms with Crippen molar-refractivity contribution < 1.29 is 4.79 Å². The van der Waals surface area contributed by atoms with Crippen molar-refractivity contribution in [1.29, 1.82) is 0 Å². The number of hydrogen-bond acceptors (Lipinski definition) is 4. The summed E-state index contributed by atoms with van der Waals surface area (Å²) >= 11 is 0. The molecule has 0 unspecified atom stereocenters. The zero-order valence-electron chi connectivity index (χ0n) is 14.2. The quantitative estimate of drug-likeness (QED) is 0.842. The molecule has 3 rings (SSSR count). The second-order valence-corrected chi connectivity index (χ2v) is 6.23. The van der Waals surface area contributed by atoms with E-state index in [0.717, 1.165) is 45.6 Å². The van der Waals surface area contributed by atoms with E-state index in [0.29, 0.717) is 0 Å². The summed E-state index contributed by atoms with van der Waals surface area (Å²) in [6.45, 7) is 6.44. The summed E-state index contributed by atoms with van der Waals surface area (Å²) in [6.07, 6.45) is 9.08. The van der Waals surface area contributed by atoms with Crippen LogP contribution in [0, 0.1) is 0 Å². The number of rotatable bonds is 5. The summed E-state index contributed by atoms with van der Waals surface area (Å²) in [7, 11) is 0. The maximum Gasteiger partial charge on any atom is 0.247 e. The zero-order valence-corrected chi connectivity index (χ0v) is 14.2. The van der Waals surface area contributed by atoms with E-state index in [-0.39, 0.29) is 11.9 Å². The van der Waals surface area contributed by atoms with Gasteiger partial charge in [0.15, 0.2) is 0 Å². The fourth-order valence-electron chi connectivity index (χ4n) is 3.25. The first kappa shape index (κ1) is 16.6. The lowest BCUT2D eigenvalue weighted by Crippen LogP contribution is -2.39. The molecule has 1 aliphatic heterocycles. The standard InChI is InChI=1S/C18H25N5O/c1-2-17(23-11-4-8-20-23)18(24)22-10-5-9-21(12-13-22)15-16-6-3-7-19-14-16/h3-4,6-8,11,14,17H,2,5,9-10,12-13,15H2,1H3/t17-/m1/s1. The second-order valence-electron chi connectivity index (χ2n) is 6.23. The lowest BCUT2D eigenvalue weighted by atomic mass is 10.2. The Balaban J connectivity index is 1.59. The third kappa shape index (κ3) is 4.00. The van der Waals surface area contributed by atoms with Crippen LogP contribution in [0.5, 0.6) is 0 Å². The van der Waals surface area contributed by atoms with Gasteiger partial charge in [-0.05, 0) is 30.5 Å². The number of pyridine rings is 1. The van der Waals surface area contributed by atoms with Gasteiger partial charge in [0.05, 0.1) is 0 Å². The van der Waals surface area contributed by atoms with Crippen LogP contribution in [0.2, 0.25) is 0 Å². The molecule has 2 aromatic rings. The van der Waals surface area contributed by atoms with E-state index in [9.17, 15) is 4.79 Å². The molecule has 6 heteroatoms. The second kappa shape index (κ2) is 8.06. The largest absolute Gasteiger partial charge is 0.340 e. The molecule has 0 N–H and O–H groups in total. The Kier molecular flexibility index (Phi) is 5.59. The van der Waals surface area contributed by atoms with Crippen LogP contribution in [-0.4, -0.2) is 56.7 Å². The van der Waals surface area contributed by atoms with E-state index < -0.39 is 0 Å². The van der Waals surface area contributed by atoms with Crippen LogP contribution in [-0.2, 0) is 11.3 Å². The van der Waals surface area contributed by atoms with Gasteiger partial charge in [-0.3, -0.25) is 19.4 Å². The van der Waals surface area contributed by atoms with Gasteiger partial charge in [0.25, 0.3) is 0 Å². The van der Waals surface area contributed by atoms with Gasteiger partial charge in [0.1, 0.15) is 6.04 Å². The molecule has 1 fully saturated rings. The van der Waals surface area contributed by atoms with Crippen LogP contribution < -0.4 is 0 Å². The number of carbonyl (C=O) groups is 1. The third-order valence-electron chi connectivity index (χ3n) is 4.55. The van der Waals surface area contributed by atoms with E-state index >= 15 is 0 Å². The van der Waals surface area contributed by atoms with Gasteiger partial charge in [-0.25, -0.2) is 0 Å². The van der Waals surface area contributed by atoms with Crippen molar-refractivity contribution in [1.82, 2.24) is 24.6 Å². The Morgan fingerprint density at radius 2 is 2.12 bits per heavy atom. The van der Waals surface area contributed by atoms with E-state index in [2.05, 4.69) is 21.0 Å². The zero-order chi connectivity index (χ0) is 16.8. The molecule has 2 aromatic heterocycles. The highest BCUT2D eigenvalue weighted by molar-refractivity contribution is 5.80. The Hall–Kier alpha value is -2.21. The van der Waals surface area contributed by atoms with Crippen LogP contribution in [0.15, 0.2) is 43.0 Å². The van der Waals surface area contributed by atoms with Crippen LogP contribution in [0.25, 0.3) is 0 Å². The minimum atomic E-state index is -0.190. The van der Waals surface area contributed by atoms with Crippen molar-refractivity contribution in [2.75, 3.05) is 26.2 Å². The van der Waals surface area contributed by atoms with Crippen molar-refractivity contribution in [2.24, 2.45) is 0 Å². The topological polar surface area (TPSA) is 54.3 Å². The summed E-state index contributed by atoms with van der Waals surface area (Å²) in [6, 6.07) is 5.75. The molecule has 1 atom stereocenters. The third-order valence-corrected chi connectivity index (χ3v) is 4.55. The molecule has 0 aliphatic carbocycles. The van der Waals surface area contributed by atoms with Crippen LogP contribution >= 0.6 is 0 Å². The fourth-order valence-corrected chi connectivity index (χ4v) is 3.25. The smallest absolute Gasteiger partial charge is 0.247 e. The maximum absolute atomic E-state index is 12.9. The highest BCUT2D eigenvalue weighted by atomic mass is 16.2. The summed E-state index contributed by atoms with van der Waals surface area (Å²) in [5.41, 5.74) is 1.22. The maximum atomic E-state index is 12.9. The first-order chi connectivity index (χ1) is 11.8. The summed E-state index contributed by atoms with van der Waals surface area (Å²) in [5, 5.41) is 4.25. The number of hydrogen-bond donors (Lipinski definition) is 0. The molecule has 6 nitrogen and oxygen atoms in total. The monoisotopic (exact) mass is 327 g/mol. The molecule has 0 saturated carbocycles. The van der Waals surface area contributed by atoms with E-state index in [1.54, 1.807) is 17.1 Å². The average molecular weight is 327 g/mol. The molecule has 0 radical (unpaired) electrons. The molecule has 24 heavy (non-hydrogen) atoms. The van der Waals surface area contributed by atoms with Gasteiger partial charge in [0, 0.05) is 57.5 Å². The molecule has 128 valence electrons. The normalized spacial score (nSPS) is 17.5. The first-order valence-electron chi connectivity index (χ1n) is 8.67. The minimum absolute atomic E-state index is 0.185. The van der Waals surface area contributed by atoms with Gasteiger partial charge >= 0.3 is 0 Å². The van der Waals surface area contributed by atoms with Crippen LogP contribution in [0.4, 0.5) is 0 Å². The van der Waals surface area contributed by atoms with Crippen molar-refractivity contribution in [3.63, 3.8) is 0 Å². The average Bonchev–Trinajstić information content (AvgIpc) is 3.03. The van der Waals surface area contributed by atoms with Gasteiger partial charge < -0.3 is 4.90 Å². The molecule has 1 aliphatic rings. The van der Waals surface area contributed by atoms with Gasteiger partial charge in [-0.2, -0.15) is 5.10 Å². The molecule has 0 bridgehead atoms. The predicted molar refractivity (Wildman–Crippen MR) is 92.3 cm³/mol. The summed E-state index contributed by atoms with van der Waals surface area (Å²) in [4.78, 5) is 21.5. The van der Waals surface area contributed by atoms with Gasteiger partial charge in [-0.15, -0.1) is 0 Å². The Bertz CT molecular complexity index is 628. The van der Waals surface area contributed by atoms with Crippen LogP contribution in [0.3, 0.4) is 0 Å². The molecule has 3 heterocycles. The molecule has 0 spiro atoms. The molecule has 1 saturated heterocycles. The minimum Gasteiger partial charge on any atom is -0.340 e. The van der Waals surface area contributed by atoms with Crippen molar-refractivity contribution in [3.05, 3.63) is 48.5 Å². The number of aromatic nitrogens is 3. The fraction of sp³-hybridized carbons (Fsp3) is 0.500. The molecule has 0 aromatic carbocycles. The number of amides is 1. The molecular weight excluding hydrogens is 302 g/mol. The summed E-state index contributed by atoms with van der Waals surface area (Å²) < 4.78 is 1.78. The SMILES string of the molecule is CC[C@H](C(=O)N1CCCN(Cc2cccnc2)CC1)n1cccn1. The lowest BCUT2D eigenvalue weighted by molar-refractivity contribution is -0.135. The predicted octanol–water partition coefficient (Wildman–Crippen LogP) is 1.96. The highest BCUT2D eigenvalue weighted by Gasteiger charge is 2.26. The Labute approximate surface area is 143 Å². The first-order valence-corrected chi connectivity index (χ1v) is 8.67. The highest BCUT2D eigenvalue weighted by Crippen LogP contribution is 2.16. The Morgan fingerprint density at radius 1 is 1.21 bits per heavy atom. The van der Waals surface area contributed by atoms with Gasteiger partial charge in [0.2, 0.25) is 5.91 Å². The van der Waals surface area contributed by atoms with E-state index in [1.807, 2.05) is 36.4 Å². The summed E-state index contributed by atoms with van der Waals surface area (Å²) in [5.74, 6) is 0.185. The Morgan fingerprint density at radius 3 is 2.83 bits per heavy atom. The van der Waals surface area contributed by atoms with Gasteiger partial charge in [-0.1, -0.05) is 13.0 Å². The number of nitrogens with zero attached hydrogens (tertiary/aromatic N) is 5. The van der Waals surface area contributed by atoms with Crippen LogP contribution in [0.1, 0.15) is 31.4 Å². The van der Waals surface area contributed by atoms with E-state index in [4.69, 9.17) is 0 Å². The molecule has 1 amide bonds. The number of carbonyl (C=O) groups excluding carboxylic acids is 1. The van der Waals surface area contributed by atoms with Crippen molar-refractivity contribution in [3.8, 4) is 0 Å².